The number of phenols is 1. The fourth-order valence-corrected chi connectivity index (χ4v) is 6.42. The van der Waals surface area contributed by atoms with Crippen molar-refractivity contribution in [2.24, 2.45) is 0 Å². The molecule has 0 heterocycles. The topological polar surface area (TPSA) is 89.9 Å². The average Bonchev–Trinajstić information content (AvgIpc) is 3.02. The lowest BCUT2D eigenvalue weighted by Gasteiger charge is -2.18. The first-order chi connectivity index (χ1) is 21.1. The molecule has 6 nitrogen and oxygen atoms in total. The van der Waals surface area contributed by atoms with Gasteiger partial charge in [-0.1, -0.05) is 74.5 Å². The van der Waals surface area contributed by atoms with Gasteiger partial charge in [0.2, 0.25) is 0 Å². The lowest BCUT2D eigenvalue weighted by Crippen LogP contribution is -2.12. The third-order valence-electron chi connectivity index (χ3n) is 7.27. The number of phenolic OH excluding ortho intramolecular Hbond substituents is 1. The maximum absolute atomic E-state index is 14.2. The van der Waals surface area contributed by atoms with Crippen molar-refractivity contribution in [2.45, 2.75) is 26.2 Å². The monoisotopic (exact) mass is 714 g/mol. The molecule has 0 bridgehead atoms. The number of methoxy groups -OCH3 is 1. The molecule has 0 aromatic heterocycles. The van der Waals surface area contributed by atoms with Gasteiger partial charge in [-0.25, -0.2) is 0 Å². The Morgan fingerprint density at radius 2 is 1.36 bits per heavy atom. The van der Waals surface area contributed by atoms with Crippen LogP contribution in [0.4, 0.5) is 0 Å². The van der Waals surface area contributed by atoms with Crippen molar-refractivity contribution in [3.05, 3.63) is 133 Å². The molecule has 0 unspecified atom stereocenters. The van der Waals surface area contributed by atoms with Gasteiger partial charge in [-0.05, 0) is 84.4 Å². The minimum absolute atomic E-state index is 0.0550. The molecule has 0 atom stereocenters. The summed E-state index contributed by atoms with van der Waals surface area (Å²) in [5.74, 6) is -0.720. The number of aromatic hydroxyl groups is 1. The quantitative estimate of drug-likeness (QED) is 0.121. The smallest absolute Gasteiger partial charge is 0.309 e. The van der Waals surface area contributed by atoms with Gasteiger partial charge in [0.25, 0.3) is 0 Å². The summed E-state index contributed by atoms with van der Waals surface area (Å²) >= 11 is 7.05. The summed E-state index contributed by atoms with van der Waals surface area (Å²) in [6, 6.07) is 26.3. The maximum atomic E-state index is 14.2. The van der Waals surface area contributed by atoms with Crippen LogP contribution >= 0.6 is 31.9 Å². The second kappa shape index (κ2) is 13.2. The predicted molar refractivity (Wildman–Crippen MR) is 177 cm³/mol. The minimum atomic E-state index is -0.482. The van der Waals surface area contributed by atoms with E-state index in [1.807, 2.05) is 50.2 Å². The Bertz CT molecular complexity index is 1910. The molecule has 5 rings (SSSR count). The fraction of sp³-hybridized carbons (Fsp3) is 0.139. The van der Waals surface area contributed by atoms with Crippen molar-refractivity contribution < 1.29 is 29.0 Å². The Morgan fingerprint density at radius 3 is 2.00 bits per heavy atom. The third-order valence-corrected chi connectivity index (χ3v) is 8.45. The Morgan fingerprint density at radius 1 is 0.750 bits per heavy atom. The van der Waals surface area contributed by atoms with Crippen LogP contribution in [0.2, 0.25) is 0 Å². The number of rotatable bonds is 9. The van der Waals surface area contributed by atoms with E-state index in [-0.39, 0.29) is 52.3 Å². The molecule has 8 heteroatoms. The van der Waals surface area contributed by atoms with Crippen molar-refractivity contribution in [2.75, 3.05) is 7.11 Å². The van der Waals surface area contributed by atoms with Crippen LogP contribution in [0.3, 0.4) is 0 Å². The lowest BCUT2D eigenvalue weighted by atomic mass is 9.91. The highest BCUT2D eigenvalue weighted by molar-refractivity contribution is 9.11. The molecule has 0 radical (unpaired) electrons. The first-order valence-electron chi connectivity index (χ1n) is 13.8. The Hall–Kier alpha value is -4.27. The molecule has 5 aromatic carbocycles. The Kier molecular flexibility index (Phi) is 9.32. The summed E-state index contributed by atoms with van der Waals surface area (Å²) in [5.41, 5.74) is 2.24. The van der Waals surface area contributed by atoms with E-state index < -0.39 is 5.78 Å². The highest BCUT2D eigenvalue weighted by Crippen LogP contribution is 2.42. The zero-order valence-corrected chi connectivity index (χ0v) is 27.4. The molecule has 0 saturated carbocycles. The van der Waals surface area contributed by atoms with E-state index in [9.17, 15) is 19.5 Å². The molecule has 222 valence electrons. The first-order valence-corrected chi connectivity index (χ1v) is 15.4. The number of fused-ring (bicyclic) bond motifs is 1. The van der Waals surface area contributed by atoms with E-state index in [0.29, 0.717) is 31.4 Å². The number of esters is 1. The molecule has 1 N–H and O–H groups in total. The average molecular weight is 716 g/mol. The molecule has 0 aliphatic heterocycles. The van der Waals surface area contributed by atoms with E-state index >= 15 is 0 Å². The zero-order valence-electron chi connectivity index (χ0n) is 24.2. The number of carbonyl (C=O) groups excluding carboxylic acids is 3. The lowest BCUT2D eigenvalue weighted by molar-refractivity contribution is -0.139. The standard InChI is InChI=1S/C36H28Br2O6/c1-20(2)27-19-32(44-36-29(37)14-21(15-30(36)38)16-33(40)43-3)28(18-31(27)39)35(42)26-11-7-6-10-25(26)34(41)24-13-12-22-8-4-5-9-23(22)17-24/h4-15,17-20,39H,16H2,1-3H3. The third kappa shape index (κ3) is 6.47. The van der Waals surface area contributed by atoms with Crippen molar-refractivity contribution in [1.29, 1.82) is 0 Å². The molecule has 0 aliphatic carbocycles. The summed E-state index contributed by atoms with van der Waals surface area (Å²) in [6.45, 7) is 3.84. The molecule has 5 aromatic rings. The summed E-state index contributed by atoms with van der Waals surface area (Å²) < 4.78 is 12.2. The van der Waals surface area contributed by atoms with Gasteiger partial charge in [-0.15, -0.1) is 0 Å². The van der Waals surface area contributed by atoms with Gasteiger partial charge in [0.05, 0.1) is 28.0 Å². The van der Waals surface area contributed by atoms with Gasteiger partial charge < -0.3 is 14.6 Å². The highest BCUT2D eigenvalue weighted by atomic mass is 79.9. The summed E-state index contributed by atoms with van der Waals surface area (Å²) in [4.78, 5) is 39.8. The first kappa shape index (κ1) is 31.2. The Balaban J connectivity index is 1.58. The van der Waals surface area contributed by atoms with Crippen molar-refractivity contribution in [3.8, 4) is 17.2 Å². The summed E-state index contributed by atoms with van der Waals surface area (Å²) in [6.07, 6.45) is 0.0659. The molecule has 0 aliphatic rings. The largest absolute Gasteiger partial charge is 0.508 e. The molecule has 0 saturated heterocycles. The SMILES string of the molecule is COC(=O)Cc1cc(Br)c(Oc2cc(C(C)C)c(O)cc2C(=O)c2ccccc2C(=O)c2ccc3ccccc3c2)c(Br)c1. The number of hydrogen-bond acceptors (Lipinski definition) is 6. The number of benzene rings is 5. The van der Waals surface area contributed by atoms with Crippen LogP contribution in [0.15, 0.2) is 99.9 Å². The van der Waals surface area contributed by atoms with Crippen LogP contribution in [0, 0.1) is 0 Å². The van der Waals surface area contributed by atoms with E-state index in [2.05, 4.69) is 31.9 Å². The van der Waals surface area contributed by atoms with Crippen LogP contribution < -0.4 is 4.74 Å². The zero-order chi connectivity index (χ0) is 31.5. The van der Waals surface area contributed by atoms with Gasteiger partial charge in [-0.2, -0.15) is 0 Å². The molecule has 0 amide bonds. The van der Waals surface area contributed by atoms with E-state index in [1.54, 1.807) is 48.5 Å². The Labute approximate surface area is 271 Å². The fourth-order valence-electron chi connectivity index (χ4n) is 4.98. The van der Waals surface area contributed by atoms with Crippen LogP contribution in [-0.2, 0) is 16.0 Å². The molecule has 0 fully saturated rings. The summed E-state index contributed by atoms with van der Waals surface area (Å²) in [7, 11) is 1.33. The van der Waals surface area contributed by atoms with Crippen LogP contribution in [-0.4, -0.2) is 29.8 Å². The van der Waals surface area contributed by atoms with E-state index in [4.69, 9.17) is 9.47 Å². The normalized spacial score (nSPS) is 11.0. The number of carbonyl (C=O) groups is 3. The molecular formula is C36H28Br2O6. The van der Waals surface area contributed by atoms with Gasteiger partial charge in [0, 0.05) is 22.3 Å². The van der Waals surface area contributed by atoms with E-state index in [0.717, 1.165) is 10.8 Å². The van der Waals surface area contributed by atoms with E-state index in [1.165, 1.54) is 13.2 Å². The van der Waals surface area contributed by atoms with Crippen LogP contribution in [0.5, 0.6) is 17.2 Å². The number of ether oxygens (including phenoxy) is 2. The number of hydrogen-bond donors (Lipinski definition) is 1. The van der Waals surface area contributed by atoms with Gasteiger partial charge in [-0.3, -0.25) is 14.4 Å². The second-order valence-electron chi connectivity index (χ2n) is 10.6. The van der Waals surface area contributed by atoms with Crippen LogP contribution in [0.1, 0.15) is 62.7 Å². The minimum Gasteiger partial charge on any atom is -0.508 e. The van der Waals surface area contributed by atoms with Gasteiger partial charge in [0.15, 0.2) is 17.3 Å². The molecule has 44 heavy (non-hydrogen) atoms. The second-order valence-corrected chi connectivity index (χ2v) is 12.3. The molecule has 0 spiro atoms. The predicted octanol–water partition coefficient (Wildman–Crippen LogP) is 9.16. The number of ketones is 2. The summed E-state index contributed by atoms with van der Waals surface area (Å²) in [5, 5.41) is 12.8. The molecular weight excluding hydrogens is 688 g/mol. The highest BCUT2D eigenvalue weighted by Gasteiger charge is 2.25. The van der Waals surface area contributed by atoms with Crippen molar-refractivity contribution in [1.82, 2.24) is 0 Å². The van der Waals surface area contributed by atoms with Crippen molar-refractivity contribution in [3.63, 3.8) is 0 Å². The van der Waals surface area contributed by atoms with Gasteiger partial charge in [0.1, 0.15) is 11.5 Å². The van der Waals surface area contributed by atoms with Gasteiger partial charge >= 0.3 is 5.97 Å². The van der Waals surface area contributed by atoms with Crippen molar-refractivity contribution >= 4 is 60.2 Å². The number of halogens is 2. The maximum Gasteiger partial charge on any atom is 0.309 e. The van der Waals surface area contributed by atoms with Crippen LogP contribution in [0.25, 0.3) is 10.8 Å².